The van der Waals surface area contributed by atoms with Crippen molar-refractivity contribution in [3.05, 3.63) is 54.2 Å². The number of furan rings is 1. The van der Waals surface area contributed by atoms with Gasteiger partial charge in [-0.05, 0) is 23.8 Å². The predicted molar refractivity (Wildman–Crippen MR) is 95.4 cm³/mol. The van der Waals surface area contributed by atoms with E-state index in [1.54, 1.807) is 12.1 Å². The van der Waals surface area contributed by atoms with Crippen LogP contribution >= 0.6 is 0 Å². The molecule has 7 nitrogen and oxygen atoms in total. The fourth-order valence-corrected chi connectivity index (χ4v) is 2.92. The third-order valence-electron chi connectivity index (χ3n) is 4.22. The van der Waals surface area contributed by atoms with Gasteiger partial charge in [0.25, 0.3) is 5.91 Å². The van der Waals surface area contributed by atoms with E-state index in [1.807, 2.05) is 0 Å². The molecule has 4 rings (SSSR count). The minimum atomic E-state index is -4.81. The molecule has 1 aromatic carbocycles. The lowest BCUT2D eigenvalue weighted by Gasteiger charge is -2.10. The highest BCUT2D eigenvalue weighted by atomic mass is 19.4. The van der Waals surface area contributed by atoms with Crippen molar-refractivity contribution < 1.29 is 31.9 Å². The number of ether oxygens (including phenoxy) is 1. The molecular formula is C19H12F3N3O4. The molecule has 3 heterocycles. The van der Waals surface area contributed by atoms with Gasteiger partial charge >= 0.3 is 12.4 Å². The summed E-state index contributed by atoms with van der Waals surface area (Å²) in [7, 11) is 1.44. The number of amides is 3. The number of aromatic nitrogens is 1. The lowest BCUT2D eigenvalue weighted by molar-refractivity contribution is -0.274. The summed E-state index contributed by atoms with van der Waals surface area (Å²) in [5.74, 6) is -0.652. The van der Waals surface area contributed by atoms with Gasteiger partial charge in [0, 0.05) is 36.5 Å². The molecule has 0 aliphatic carbocycles. The van der Waals surface area contributed by atoms with Crippen LogP contribution in [-0.2, 0) is 4.79 Å². The van der Waals surface area contributed by atoms with E-state index in [2.05, 4.69) is 15.0 Å². The Morgan fingerprint density at radius 2 is 2.00 bits per heavy atom. The Morgan fingerprint density at radius 3 is 2.69 bits per heavy atom. The number of fused-ring (bicyclic) bond motifs is 1. The van der Waals surface area contributed by atoms with Crippen molar-refractivity contribution in [1.82, 2.24) is 15.2 Å². The molecule has 0 atom stereocenters. The summed E-state index contributed by atoms with van der Waals surface area (Å²) >= 11 is 0. The van der Waals surface area contributed by atoms with Gasteiger partial charge in [0.15, 0.2) is 0 Å². The first-order valence-corrected chi connectivity index (χ1v) is 8.26. The maximum absolute atomic E-state index is 12.5. The van der Waals surface area contributed by atoms with Crippen molar-refractivity contribution in [2.75, 3.05) is 7.05 Å². The summed E-state index contributed by atoms with van der Waals surface area (Å²) < 4.78 is 47.2. The second kappa shape index (κ2) is 6.66. The first-order chi connectivity index (χ1) is 13.7. The van der Waals surface area contributed by atoms with E-state index in [0.717, 1.165) is 4.90 Å². The van der Waals surface area contributed by atoms with E-state index >= 15 is 0 Å². The van der Waals surface area contributed by atoms with E-state index in [1.165, 1.54) is 43.7 Å². The SMILES string of the molecule is CN1C(=O)NC(=O)/C1=C/c1cc2cncc(-c3cccc(OC(F)(F)F)c3)c2o1. The van der Waals surface area contributed by atoms with E-state index < -0.39 is 18.3 Å². The van der Waals surface area contributed by atoms with Crippen LogP contribution in [0.3, 0.4) is 0 Å². The Labute approximate surface area is 161 Å². The van der Waals surface area contributed by atoms with E-state index in [-0.39, 0.29) is 17.2 Å². The monoisotopic (exact) mass is 403 g/mol. The highest BCUT2D eigenvalue weighted by molar-refractivity contribution is 6.13. The maximum atomic E-state index is 12.5. The van der Waals surface area contributed by atoms with Gasteiger partial charge < -0.3 is 9.15 Å². The fraction of sp³-hybridized carbons (Fsp3) is 0.105. The topological polar surface area (TPSA) is 84.7 Å². The summed E-state index contributed by atoms with van der Waals surface area (Å²) in [6, 6.07) is 6.48. The zero-order valence-corrected chi connectivity index (χ0v) is 14.8. The number of imide groups is 1. The second-order valence-corrected chi connectivity index (χ2v) is 6.18. The van der Waals surface area contributed by atoms with E-state index in [4.69, 9.17) is 4.42 Å². The number of hydrogen-bond donors (Lipinski definition) is 1. The van der Waals surface area contributed by atoms with Crippen LogP contribution in [-0.4, -0.2) is 35.2 Å². The van der Waals surface area contributed by atoms with E-state index in [9.17, 15) is 22.8 Å². The van der Waals surface area contributed by atoms with Gasteiger partial charge in [0.1, 0.15) is 22.8 Å². The van der Waals surface area contributed by atoms with Crippen molar-refractivity contribution in [1.29, 1.82) is 0 Å². The predicted octanol–water partition coefficient (Wildman–Crippen LogP) is 3.92. The lowest BCUT2D eigenvalue weighted by atomic mass is 10.1. The largest absolute Gasteiger partial charge is 0.573 e. The van der Waals surface area contributed by atoms with Crippen molar-refractivity contribution in [2.24, 2.45) is 0 Å². The van der Waals surface area contributed by atoms with Crippen molar-refractivity contribution in [2.45, 2.75) is 6.36 Å². The fourth-order valence-electron chi connectivity index (χ4n) is 2.92. The lowest BCUT2D eigenvalue weighted by Crippen LogP contribution is -2.24. The highest BCUT2D eigenvalue weighted by Gasteiger charge is 2.31. The van der Waals surface area contributed by atoms with Crippen molar-refractivity contribution in [3.8, 4) is 16.9 Å². The summed E-state index contributed by atoms with van der Waals surface area (Å²) in [5.41, 5.74) is 1.32. The minimum absolute atomic E-state index is 0.101. The number of halogens is 3. The molecule has 0 unspecified atom stereocenters. The summed E-state index contributed by atoms with van der Waals surface area (Å²) in [6.45, 7) is 0. The molecule has 0 radical (unpaired) electrons. The first-order valence-electron chi connectivity index (χ1n) is 8.26. The quantitative estimate of drug-likeness (QED) is 0.529. The van der Waals surface area contributed by atoms with Gasteiger partial charge in [-0.2, -0.15) is 0 Å². The third-order valence-corrected chi connectivity index (χ3v) is 4.22. The number of pyridine rings is 1. The molecule has 2 aromatic heterocycles. The van der Waals surface area contributed by atoms with Gasteiger partial charge in [-0.15, -0.1) is 13.2 Å². The molecule has 1 fully saturated rings. The average Bonchev–Trinajstić information content (AvgIpc) is 3.16. The standard InChI is InChI=1S/C19H12F3N3O4/c1-25-15(17(26)24-18(25)27)7-13-6-11-8-23-9-14(16(11)28-13)10-3-2-4-12(5-10)29-19(20,21)22/h2-9H,1H3,(H,24,26,27)/b15-7-. The number of carbonyl (C=O) groups excluding carboxylic acids is 2. The molecule has 0 spiro atoms. The molecular weight excluding hydrogens is 391 g/mol. The van der Waals surface area contributed by atoms with Crippen LogP contribution in [0.2, 0.25) is 0 Å². The summed E-state index contributed by atoms with van der Waals surface area (Å²) in [4.78, 5) is 28.6. The Bertz CT molecular complexity index is 1170. The van der Waals surface area contributed by atoms with Crippen molar-refractivity contribution >= 4 is 29.0 Å². The molecule has 1 aliphatic heterocycles. The number of alkyl halides is 3. The molecule has 0 saturated carbocycles. The van der Waals surface area contributed by atoms with Crippen LogP contribution in [0.5, 0.6) is 5.75 Å². The molecule has 3 aromatic rings. The Kier molecular flexibility index (Phi) is 4.26. The second-order valence-electron chi connectivity index (χ2n) is 6.18. The number of urea groups is 1. The number of hydrogen-bond acceptors (Lipinski definition) is 5. The molecule has 29 heavy (non-hydrogen) atoms. The van der Waals surface area contributed by atoms with Crippen LogP contribution < -0.4 is 10.1 Å². The maximum Gasteiger partial charge on any atom is 0.573 e. The summed E-state index contributed by atoms with van der Waals surface area (Å²) in [6.07, 6.45) is -0.442. The molecule has 1 saturated heterocycles. The Balaban J connectivity index is 1.76. The number of likely N-dealkylation sites (N-methyl/N-ethyl adjacent to an activating group) is 1. The van der Waals surface area contributed by atoms with Crippen LogP contribution in [0.4, 0.5) is 18.0 Å². The molecule has 3 amide bonds. The van der Waals surface area contributed by atoms with Gasteiger partial charge in [-0.1, -0.05) is 12.1 Å². The number of benzene rings is 1. The molecule has 1 aliphatic rings. The third kappa shape index (κ3) is 3.64. The first kappa shape index (κ1) is 18.5. The zero-order chi connectivity index (χ0) is 20.8. The van der Waals surface area contributed by atoms with E-state index in [0.29, 0.717) is 22.1 Å². The van der Waals surface area contributed by atoms with Crippen LogP contribution in [0.1, 0.15) is 5.76 Å². The molecule has 10 heteroatoms. The number of rotatable bonds is 3. The van der Waals surface area contributed by atoms with Crippen molar-refractivity contribution in [3.63, 3.8) is 0 Å². The number of nitrogens with one attached hydrogen (secondary N) is 1. The van der Waals surface area contributed by atoms with Crippen LogP contribution in [0.15, 0.2) is 52.8 Å². The Morgan fingerprint density at radius 1 is 1.21 bits per heavy atom. The van der Waals surface area contributed by atoms with Gasteiger partial charge in [-0.3, -0.25) is 20.0 Å². The van der Waals surface area contributed by atoms with Crippen LogP contribution in [0.25, 0.3) is 28.2 Å². The number of nitrogens with zero attached hydrogens (tertiary/aromatic N) is 2. The average molecular weight is 403 g/mol. The molecule has 148 valence electrons. The van der Waals surface area contributed by atoms with Crippen LogP contribution in [0, 0.1) is 0 Å². The van der Waals surface area contributed by atoms with Gasteiger partial charge in [0.2, 0.25) is 0 Å². The smallest absolute Gasteiger partial charge is 0.456 e. The Hall–Kier alpha value is -3.82. The molecule has 1 N–H and O–H groups in total. The van der Waals surface area contributed by atoms with Gasteiger partial charge in [-0.25, -0.2) is 4.79 Å². The zero-order valence-electron chi connectivity index (χ0n) is 14.8. The highest BCUT2D eigenvalue weighted by Crippen LogP contribution is 2.34. The normalized spacial score (nSPS) is 16.0. The number of carbonyl (C=O) groups is 2. The van der Waals surface area contributed by atoms with Gasteiger partial charge in [0.05, 0.1) is 0 Å². The minimum Gasteiger partial charge on any atom is -0.456 e. The molecule has 0 bridgehead atoms. The summed E-state index contributed by atoms with van der Waals surface area (Å²) in [5, 5.41) is 2.73.